The minimum absolute atomic E-state index is 0.541. The predicted octanol–water partition coefficient (Wildman–Crippen LogP) is 4.11. The minimum atomic E-state index is -4.40. The van der Waals surface area contributed by atoms with Crippen LogP contribution >= 0.6 is 0 Å². The Labute approximate surface area is 133 Å². The third-order valence-electron chi connectivity index (χ3n) is 3.32. The van der Waals surface area contributed by atoms with Crippen LogP contribution in [0.5, 0.6) is 11.5 Å². The number of hydrogen-bond donors (Lipinski definition) is 0. The molecule has 1 heterocycles. The fourth-order valence-corrected chi connectivity index (χ4v) is 2.13. The summed E-state index contributed by atoms with van der Waals surface area (Å²) in [6.07, 6.45) is 0.0439. The van der Waals surface area contributed by atoms with Gasteiger partial charge in [-0.1, -0.05) is 12.1 Å². The van der Waals surface area contributed by atoms with Gasteiger partial charge in [0.25, 0.3) is 0 Å². The average molecular weight is 324 g/mol. The van der Waals surface area contributed by atoms with Crippen molar-refractivity contribution in [3.63, 3.8) is 0 Å². The van der Waals surface area contributed by atoms with Crippen molar-refractivity contribution in [3.8, 4) is 11.5 Å². The SMILES string of the molecule is COc1ccc(C[CH]Cc2ccc(C(F)(F)F)nc2)cc1OC. The fourth-order valence-electron chi connectivity index (χ4n) is 2.13. The van der Waals surface area contributed by atoms with Crippen LogP contribution in [0.4, 0.5) is 13.2 Å². The molecule has 6 heteroatoms. The molecule has 0 amide bonds. The molecule has 0 aliphatic heterocycles. The molecule has 0 fully saturated rings. The molecular formula is C17H17F3NO2. The molecule has 1 radical (unpaired) electrons. The van der Waals surface area contributed by atoms with Crippen molar-refractivity contribution in [2.75, 3.05) is 14.2 Å². The van der Waals surface area contributed by atoms with Crippen LogP contribution in [0.2, 0.25) is 0 Å². The Morgan fingerprint density at radius 1 is 0.957 bits per heavy atom. The Morgan fingerprint density at radius 2 is 1.61 bits per heavy atom. The van der Waals surface area contributed by atoms with Gasteiger partial charge < -0.3 is 9.47 Å². The highest BCUT2D eigenvalue weighted by Gasteiger charge is 2.31. The van der Waals surface area contributed by atoms with Crippen LogP contribution in [-0.4, -0.2) is 19.2 Å². The lowest BCUT2D eigenvalue weighted by molar-refractivity contribution is -0.141. The zero-order valence-electron chi connectivity index (χ0n) is 12.9. The van der Waals surface area contributed by atoms with Gasteiger partial charge in [-0.15, -0.1) is 0 Å². The second kappa shape index (κ2) is 7.35. The van der Waals surface area contributed by atoms with Gasteiger partial charge in [-0.2, -0.15) is 13.2 Å². The summed E-state index contributed by atoms with van der Waals surface area (Å²) >= 11 is 0. The summed E-state index contributed by atoms with van der Waals surface area (Å²) in [6.45, 7) is 0. The molecule has 2 aromatic rings. The number of nitrogens with zero attached hydrogens (tertiary/aromatic N) is 1. The number of hydrogen-bond acceptors (Lipinski definition) is 3. The normalized spacial score (nSPS) is 11.3. The largest absolute Gasteiger partial charge is 0.493 e. The van der Waals surface area contributed by atoms with E-state index in [9.17, 15) is 13.2 Å². The van der Waals surface area contributed by atoms with Crippen molar-refractivity contribution in [1.82, 2.24) is 4.98 Å². The molecule has 0 aliphatic carbocycles. The fraction of sp³-hybridized carbons (Fsp3) is 0.294. The molecule has 0 bridgehead atoms. The van der Waals surface area contributed by atoms with Crippen molar-refractivity contribution < 1.29 is 22.6 Å². The van der Waals surface area contributed by atoms with E-state index in [-0.39, 0.29) is 0 Å². The molecule has 1 aromatic heterocycles. The maximum atomic E-state index is 12.4. The summed E-state index contributed by atoms with van der Waals surface area (Å²) in [5, 5.41) is 0. The Kier molecular flexibility index (Phi) is 5.47. The summed E-state index contributed by atoms with van der Waals surface area (Å²) in [5.74, 6) is 1.30. The number of rotatable bonds is 6. The number of methoxy groups -OCH3 is 2. The van der Waals surface area contributed by atoms with Crippen molar-refractivity contribution in [2.24, 2.45) is 0 Å². The van der Waals surface area contributed by atoms with Gasteiger partial charge in [0.2, 0.25) is 0 Å². The van der Waals surface area contributed by atoms with Crippen LogP contribution < -0.4 is 9.47 Å². The first kappa shape index (κ1) is 17.1. The number of benzene rings is 1. The first-order valence-electron chi connectivity index (χ1n) is 6.98. The van der Waals surface area contributed by atoms with E-state index >= 15 is 0 Å². The van der Waals surface area contributed by atoms with Gasteiger partial charge in [-0.25, -0.2) is 0 Å². The Morgan fingerprint density at radius 3 is 2.17 bits per heavy atom. The molecule has 3 nitrogen and oxygen atoms in total. The van der Waals surface area contributed by atoms with Crippen LogP contribution in [0, 0.1) is 6.42 Å². The molecular weight excluding hydrogens is 307 g/mol. The van der Waals surface area contributed by atoms with Crippen LogP contribution in [-0.2, 0) is 19.0 Å². The Bertz CT molecular complexity index is 639. The average Bonchev–Trinajstić information content (AvgIpc) is 2.54. The van der Waals surface area contributed by atoms with Gasteiger partial charge in [0.05, 0.1) is 14.2 Å². The molecule has 1 aromatic carbocycles. The van der Waals surface area contributed by atoms with E-state index in [1.165, 1.54) is 12.3 Å². The van der Waals surface area contributed by atoms with E-state index in [1.54, 1.807) is 14.2 Å². The lowest BCUT2D eigenvalue weighted by Crippen LogP contribution is -2.07. The van der Waals surface area contributed by atoms with Gasteiger partial charge in [0, 0.05) is 6.20 Å². The Hall–Kier alpha value is -2.24. The highest BCUT2D eigenvalue weighted by molar-refractivity contribution is 5.43. The van der Waals surface area contributed by atoms with E-state index in [1.807, 2.05) is 24.6 Å². The first-order valence-corrected chi connectivity index (χ1v) is 6.98. The van der Waals surface area contributed by atoms with E-state index in [2.05, 4.69) is 4.98 Å². The predicted molar refractivity (Wildman–Crippen MR) is 80.5 cm³/mol. The van der Waals surface area contributed by atoms with E-state index in [0.29, 0.717) is 24.3 Å². The van der Waals surface area contributed by atoms with Gasteiger partial charge in [-0.05, 0) is 48.6 Å². The van der Waals surface area contributed by atoms with Crippen LogP contribution in [0.1, 0.15) is 16.8 Å². The second-order valence-corrected chi connectivity index (χ2v) is 4.94. The monoisotopic (exact) mass is 324 g/mol. The zero-order valence-corrected chi connectivity index (χ0v) is 12.9. The summed E-state index contributed by atoms with van der Waals surface area (Å²) in [4.78, 5) is 3.44. The van der Waals surface area contributed by atoms with Crippen LogP contribution in [0.3, 0.4) is 0 Å². The molecule has 0 aliphatic rings. The summed E-state index contributed by atoms with van der Waals surface area (Å²) < 4.78 is 47.7. The molecule has 0 atom stereocenters. The third-order valence-corrected chi connectivity index (χ3v) is 3.32. The van der Waals surface area contributed by atoms with Gasteiger partial charge >= 0.3 is 6.18 Å². The first-order chi connectivity index (χ1) is 10.9. The standard InChI is InChI=1S/C17H17F3NO2/c1-22-14-8-6-12(10-15(14)23-2)4-3-5-13-7-9-16(21-11-13)17(18,19)20/h3,6-11H,4-5H2,1-2H3. The lowest BCUT2D eigenvalue weighted by Gasteiger charge is -2.09. The Balaban J connectivity index is 1.92. The van der Waals surface area contributed by atoms with Crippen molar-refractivity contribution >= 4 is 0 Å². The summed E-state index contributed by atoms with van der Waals surface area (Å²) in [5.41, 5.74) is 0.891. The highest BCUT2D eigenvalue weighted by atomic mass is 19.4. The molecule has 0 saturated heterocycles. The van der Waals surface area contributed by atoms with Gasteiger partial charge in [0.1, 0.15) is 5.69 Å². The summed E-state index contributed by atoms with van der Waals surface area (Å²) in [6, 6.07) is 8.06. The highest BCUT2D eigenvalue weighted by Crippen LogP contribution is 2.29. The van der Waals surface area contributed by atoms with Crippen LogP contribution in [0.25, 0.3) is 0 Å². The smallest absolute Gasteiger partial charge is 0.433 e. The van der Waals surface area contributed by atoms with Gasteiger partial charge in [-0.3, -0.25) is 4.98 Å². The van der Waals surface area contributed by atoms with Gasteiger partial charge in [0.15, 0.2) is 11.5 Å². The van der Waals surface area contributed by atoms with E-state index in [4.69, 9.17) is 9.47 Å². The molecule has 23 heavy (non-hydrogen) atoms. The van der Waals surface area contributed by atoms with E-state index < -0.39 is 11.9 Å². The topological polar surface area (TPSA) is 31.4 Å². The van der Waals surface area contributed by atoms with Crippen molar-refractivity contribution in [2.45, 2.75) is 19.0 Å². The molecule has 0 spiro atoms. The van der Waals surface area contributed by atoms with Crippen molar-refractivity contribution in [3.05, 3.63) is 59.8 Å². The molecule has 123 valence electrons. The van der Waals surface area contributed by atoms with E-state index in [0.717, 1.165) is 17.2 Å². The molecule has 0 saturated carbocycles. The number of halogens is 3. The van der Waals surface area contributed by atoms with Crippen LogP contribution in [0.15, 0.2) is 36.5 Å². The maximum absolute atomic E-state index is 12.4. The molecule has 0 N–H and O–H groups in total. The maximum Gasteiger partial charge on any atom is 0.433 e. The lowest BCUT2D eigenvalue weighted by atomic mass is 10.0. The summed E-state index contributed by atoms with van der Waals surface area (Å²) in [7, 11) is 3.14. The number of aromatic nitrogens is 1. The number of alkyl halides is 3. The zero-order chi connectivity index (χ0) is 16.9. The molecule has 0 unspecified atom stereocenters. The quantitative estimate of drug-likeness (QED) is 0.801. The van der Waals surface area contributed by atoms with Crippen molar-refractivity contribution in [1.29, 1.82) is 0 Å². The molecule has 2 rings (SSSR count). The third kappa shape index (κ3) is 4.61. The second-order valence-electron chi connectivity index (χ2n) is 4.94. The number of pyridine rings is 1. The number of ether oxygens (including phenoxy) is 2. The minimum Gasteiger partial charge on any atom is -0.493 e.